The molecule has 2 heteroatoms. The van der Waals surface area contributed by atoms with Crippen LogP contribution in [0.1, 0.15) is 0 Å². The fourth-order valence-electron chi connectivity index (χ4n) is 0.325. The summed E-state index contributed by atoms with van der Waals surface area (Å²) < 4.78 is 1.00. The predicted molar refractivity (Wildman–Crippen MR) is 21.6 cm³/mol. The molecule has 0 aliphatic heterocycles. The van der Waals surface area contributed by atoms with Crippen molar-refractivity contribution in [2.24, 2.45) is 0 Å². The quantitative estimate of drug-likeness (QED) is 0.459. The van der Waals surface area contributed by atoms with Gasteiger partial charge < -0.3 is 5.21 Å². The van der Waals surface area contributed by atoms with Gasteiger partial charge in [0.1, 0.15) is 0 Å². The van der Waals surface area contributed by atoms with E-state index in [2.05, 4.69) is 0 Å². The molecule has 0 unspecified atom stereocenters. The minimum absolute atomic E-state index is 1.00. The average molecular weight is 83.1 g/mol. The molecule has 2 nitrogen and oxygen atoms in total. The van der Waals surface area contributed by atoms with Crippen molar-refractivity contribution in [1.82, 2.24) is 4.73 Å². The Hall–Kier alpha value is -0.920. The van der Waals surface area contributed by atoms with Gasteiger partial charge >= 0.3 is 0 Å². The SMILES string of the molecule is On1cccc1. The lowest BCUT2D eigenvalue weighted by molar-refractivity contribution is 0.187. The monoisotopic (exact) mass is 83.0 g/mol. The smallest absolute Gasteiger partial charge is 0.0432 e. The molecular formula is C4H5NO. The molecule has 0 atom stereocenters. The molecule has 0 fully saturated rings. The van der Waals surface area contributed by atoms with E-state index in [0.29, 0.717) is 0 Å². The molecular weight excluding hydrogens is 78.0 g/mol. The first-order chi connectivity index (χ1) is 2.89. The lowest BCUT2D eigenvalue weighted by Crippen LogP contribution is -1.78. The van der Waals surface area contributed by atoms with Gasteiger partial charge in [-0.05, 0) is 12.1 Å². The van der Waals surface area contributed by atoms with Gasteiger partial charge in [-0.3, -0.25) is 0 Å². The van der Waals surface area contributed by atoms with Crippen LogP contribution in [0.25, 0.3) is 0 Å². The fraction of sp³-hybridized carbons (Fsp3) is 0. The van der Waals surface area contributed by atoms with Gasteiger partial charge in [-0.25, -0.2) is 4.73 Å². The Morgan fingerprint density at radius 1 is 1.17 bits per heavy atom. The van der Waals surface area contributed by atoms with Crippen LogP contribution in [0.2, 0.25) is 0 Å². The van der Waals surface area contributed by atoms with Crippen LogP contribution >= 0.6 is 0 Å². The third-order valence-corrected chi connectivity index (χ3v) is 0.589. The van der Waals surface area contributed by atoms with Crippen molar-refractivity contribution in [2.75, 3.05) is 0 Å². The Balaban J connectivity index is 3.05. The van der Waals surface area contributed by atoms with Crippen molar-refractivity contribution >= 4 is 0 Å². The molecule has 1 aromatic rings. The van der Waals surface area contributed by atoms with E-state index < -0.39 is 0 Å². The van der Waals surface area contributed by atoms with Crippen LogP contribution in [0.3, 0.4) is 0 Å². The summed E-state index contributed by atoms with van der Waals surface area (Å²) in [5.41, 5.74) is 0. The first kappa shape index (κ1) is 3.28. The molecule has 32 valence electrons. The summed E-state index contributed by atoms with van der Waals surface area (Å²) in [7, 11) is 0. The minimum Gasteiger partial charge on any atom is -0.429 e. The Labute approximate surface area is 35.6 Å². The zero-order valence-electron chi connectivity index (χ0n) is 3.20. The normalized spacial score (nSPS) is 8.67. The summed E-state index contributed by atoms with van der Waals surface area (Å²) in [4.78, 5) is 0. The Bertz CT molecular complexity index is 111. The van der Waals surface area contributed by atoms with Crippen molar-refractivity contribution in [2.45, 2.75) is 0 Å². The minimum atomic E-state index is 1.00. The first-order valence-electron chi connectivity index (χ1n) is 1.72. The Morgan fingerprint density at radius 3 is 1.83 bits per heavy atom. The highest BCUT2D eigenvalue weighted by molar-refractivity contribution is 4.86. The first-order valence-corrected chi connectivity index (χ1v) is 1.72. The van der Waals surface area contributed by atoms with E-state index in [1.54, 1.807) is 24.5 Å². The molecule has 0 bridgehead atoms. The molecule has 0 aliphatic carbocycles. The lowest BCUT2D eigenvalue weighted by atomic mass is 10.7. The number of hydrogen-bond donors (Lipinski definition) is 1. The maximum absolute atomic E-state index is 8.39. The van der Waals surface area contributed by atoms with E-state index in [9.17, 15) is 0 Å². The maximum Gasteiger partial charge on any atom is 0.0432 e. The van der Waals surface area contributed by atoms with Gasteiger partial charge in [0.15, 0.2) is 0 Å². The van der Waals surface area contributed by atoms with Crippen molar-refractivity contribution < 1.29 is 5.21 Å². The predicted octanol–water partition coefficient (Wildman–Crippen LogP) is 0.725. The molecule has 0 saturated carbocycles. The maximum atomic E-state index is 8.39. The molecule has 0 aromatic carbocycles. The standard InChI is InChI=1S/C4H5NO/c6-5-3-1-2-4-5/h1-4,6H. The molecule has 1 N–H and O–H groups in total. The second-order valence-corrected chi connectivity index (χ2v) is 1.06. The zero-order chi connectivity index (χ0) is 4.41. The highest BCUT2D eigenvalue weighted by Gasteiger charge is 1.70. The van der Waals surface area contributed by atoms with Gasteiger partial charge in [0.25, 0.3) is 0 Å². The Kier molecular flexibility index (Phi) is 0.572. The van der Waals surface area contributed by atoms with E-state index in [0.717, 1.165) is 4.73 Å². The summed E-state index contributed by atoms with van der Waals surface area (Å²) >= 11 is 0. The van der Waals surface area contributed by atoms with Gasteiger partial charge in [-0.15, -0.1) is 0 Å². The molecule has 0 aliphatic rings. The topological polar surface area (TPSA) is 25.2 Å². The molecule has 1 aromatic heterocycles. The summed E-state index contributed by atoms with van der Waals surface area (Å²) in [6.07, 6.45) is 3.11. The fourth-order valence-corrected chi connectivity index (χ4v) is 0.325. The van der Waals surface area contributed by atoms with Gasteiger partial charge in [0, 0.05) is 12.4 Å². The Morgan fingerprint density at radius 2 is 1.67 bits per heavy atom. The largest absolute Gasteiger partial charge is 0.429 e. The van der Waals surface area contributed by atoms with Crippen LogP contribution in [0.5, 0.6) is 0 Å². The van der Waals surface area contributed by atoms with Gasteiger partial charge in [-0.1, -0.05) is 0 Å². The third kappa shape index (κ3) is 0.360. The van der Waals surface area contributed by atoms with E-state index >= 15 is 0 Å². The van der Waals surface area contributed by atoms with Crippen LogP contribution in [0.4, 0.5) is 0 Å². The van der Waals surface area contributed by atoms with E-state index in [1.165, 1.54) is 0 Å². The van der Waals surface area contributed by atoms with Crippen LogP contribution in [0.15, 0.2) is 24.5 Å². The third-order valence-electron chi connectivity index (χ3n) is 0.589. The highest BCUT2D eigenvalue weighted by Crippen LogP contribution is 1.79. The second kappa shape index (κ2) is 1.05. The number of aromatic nitrogens is 1. The van der Waals surface area contributed by atoms with Crippen molar-refractivity contribution in [3.05, 3.63) is 24.5 Å². The van der Waals surface area contributed by atoms with Gasteiger partial charge in [0.2, 0.25) is 0 Å². The van der Waals surface area contributed by atoms with Gasteiger partial charge in [0.05, 0.1) is 0 Å². The van der Waals surface area contributed by atoms with Crippen molar-refractivity contribution in [3.63, 3.8) is 0 Å². The number of hydrogen-bond acceptors (Lipinski definition) is 1. The lowest BCUT2D eigenvalue weighted by Gasteiger charge is -1.79. The molecule has 0 radical (unpaired) electrons. The van der Waals surface area contributed by atoms with Crippen molar-refractivity contribution in [3.8, 4) is 0 Å². The van der Waals surface area contributed by atoms with Crippen LogP contribution < -0.4 is 0 Å². The number of nitrogens with zero attached hydrogens (tertiary/aromatic N) is 1. The highest BCUT2D eigenvalue weighted by atomic mass is 16.5. The van der Waals surface area contributed by atoms with Crippen LogP contribution in [-0.2, 0) is 0 Å². The molecule has 0 spiro atoms. The zero-order valence-corrected chi connectivity index (χ0v) is 3.20. The van der Waals surface area contributed by atoms with E-state index in [-0.39, 0.29) is 0 Å². The van der Waals surface area contributed by atoms with E-state index in [1.807, 2.05) is 0 Å². The summed E-state index contributed by atoms with van der Waals surface area (Å²) in [5.74, 6) is 0. The molecule has 0 amide bonds. The van der Waals surface area contributed by atoms with Crippen LogP contribution in [-0.4, -0.2) is 9.94 Å². The molecule has 1 rings (SSSR count). The summed E-state index contributed by atoms with van der Waals surface area (Å²) in [5, 5.41) is 8.39. The molecule has 1 heterocycles. The van der Waals surface area contributed by atoms with Gasteiger partial charge in [-0.2, -0.15) is 0 Å². The second-order valence-electron chi connectivity index (χ2n) is 1.06. The number of rotatable bonds is 0. The average Bonchev–Trinajstić information content (AvgIpc) is 1.86. The molecule has 0 saturated heterocycles. The van der Waals surface area contributed by atoms with Crippen molar-refractivity contribution in [1.29, 1.82) is 0 Å². The molecule has 6 heavy (non-hydrogen) atoms. The van der Waals surface area contributed by atoms with Crippen LogP contribution in [0, 0.1) is 0 Å². The summed E-state index contributed by atoms with van der Waals surface area (Å²) in [6.45, 7) is 0. The summed E-state index contributed by atoms with van der Waals surface area (Å²) in [6, 6.07) is 3.50. The van der Waals surface area contributed by atoms with E-state index in [4.69, 9.17) is 5.21 Å².